The van der Waals surface area contributed by atoms with Crippen LogP contribution < -0.4 is 9.44 Å². The summed E-state index contributed by atoms with van der Waals surface area (Å²) < 4.78 is 74.0. The lowest BCUT2D eigenvalue weighted by molar-refractivity contribution is 0.0564. The molecule has 2 aliphatic rings. The molecule has 2 aliphatic heterocycles. The van der Waals surface area contributed by atoms with E-state index in [1.165, 1.54) is 29.5 Å². The van der Waals surface area contributed by atoms with E-state index in [0.29, 0.717) is 38.1 Å². The Hall–Kier alpha value is -3.63. The summed E-state index contributed by atoms with van der Waals surface area (Å²) in [6.07, 6.45) is 4.52. The number of nitrogens with one attached hydrogen (secondary N) is 2. The van der Waals surface area contributed by atoms with Gasteiger partial charge in [-0.3, -0.25) is 9.98 Å². The molecule has 1 aromatic carbocycles. The van der Waals surface area contributed by atoms with Crippen LogP contribution in [0.4, 0.5) is 13.2 Å². The van der Waals surface area contributed by atoms with Crippen LogP contribution in [0.3, 0.4) is 0 Å². The molecule has 0 bridgehead atoms. The molecule has 0 saturated carbocycles. The lowest BCUT2D eigenvalue weighted by Gasteiger charge is -2.32. The number of rotatable bonds is 9. The molecule has 2 atom stereocenters. The van der Waals surface area contributed by atoms with Crippen LogP contribution in [0.25, 0.3) is 5.57 Å². The Morgan fingerprint density at radius 1 is 1.14 bits per heavy atom. The molecule has 2 N–H and O–H groups in total. The topological polar surface area (TPSA) is 117 Å². The van der Waals surface area contributed by atoms with Gasteiger partial charge in [0.25, 0.3) is 10.2 Å². The van der Waals surface area contributed by atoms with Gasteiger partial charge in [0.05, 0.1) is 16.9 Å². The second kappa shape index (κ2) is 11.7. The average molecular weight is 663 g/mol. The third-order valence-electron chi connectivity index (χ3n) is 7.24. The predicted octanol–water partition coefficient (Wildman–Crippen LogP) is 5.27. The number of fused-ring (bicyclic) bond motifs is 1. The Labute approximate surface area is 260 Å². The van der Waals surface area contributed by atoms with Crippen molar-refractivity contribution < 1.29 is 21.6 Å². The quantitative estimate of drug-likeness (QED) is 0.252. The fourth-order valence-corrected chi connectivity index (χ4v) is 7.75. The fourth-order valence-electron chi connectivity index (χ4n) is 5.40. The minimum absolute atomic E-state index is 0.0910. The predicted molar refractivity (Wildman–Crippen MR) is 161 cm³/mol. The molecule has 1 saturated heterocycles. The van der Waals surface area contributed by atoms with E-state index in [0.717, 1.165) is 12.3 Å². The van der Waals surface area contributed by atoms with E-state index in [1.807, 2.05) is 4.90 Å². The van der Waals surface area contributed by atoms with Gasteiger partial charge >= 0.3 is 6.55 Å². The summed E-state index contributed by atoms with van der Waals surface area (Å²) >= 11 is 7.84. The van der Waals surface area contributed by atoms with Gasteiger partial charge in [-0.2, -0.15) is 31.7 Å². The van der Waals surface area contributed by atoms with Crippen molar-refractivity contribution in [3.63, 3.8) is 0 Å². The van der Waals surface area contributed by atoms with E-state index in [2.05, 4.69) is 24.5 Å². The first kappa shape index (κ1) is 30.4. The summed E-state index contributed by atoms with van der Waals surface area (Å²) in [6, 6.07) is 9.05. The molecule has 0 aliphatic carbocycles. The van der Waals surface area contributed by atoms with E-state index >= 15 is 0 Å². The smallest absolute Gasteiger partial charge is 0.326 e. The number of halogens is 4. The average Bonchev–Trinajstić information content (AvgIpc) is 3.73. The Morgan fingerprint density at radius 2 is 1.95 bits per heavy atom. The molecule has 3 aromatic heterocycles. The highest BCUT2D eigenvalue weighted by molar-refractivity contribution is 7.87. The molecule has 6 rings (SSSR count). The van der Waals surface area contributed by atoms with Gasteiger partial charge in [-0.1, -0.05) is 23.7 Å². The summed E-state index contributed by atoms with van der Waals surface area (Å²) in [5.41, 5.74) is 1.19. The maximum atomic E-state index is 14.1. The van der Waals surface area contributed by atoms with Gasteiger partial charge in [0, 0.05) is 64.8 Å². The first-order valence-electron chi connectivity index (χ1n) is 13.4. The zero-order valence-corrected chi connectivity index (χ0v) is 25.7. The molecule has 230 valence electrons. The molecule has 5 heterocycles. The van der Waals surface area contributed by atoms with Crippen molar-refractivity contribution in [2.75, 3.05) is 6.54 Å². The van der Waals surface area contributed by atoms with Crippen molar-refractivity contribution in [2.45, 2.75) is 44.4 Å². The molecule has 44 heavy (non-hydrogen) atoms. The SMILES string of the molecule is CC(C)(NS(=O)(=O)N[C@H]1CC2=C(c3ccn(C(F)F)n3)[C@H](c3ccc(F)cc3Cl)N=C(c3nccs3)N2C1)c1ccccn1. The molecule has 0 unspecified atom stereocenters. The summed E-state index contributed by atoms with van der Waals surface area (Å²) in [4.78, 5) is 15.5. The second-order valence-corrected chi connectivity index (χ2v) is 13.5. The number of alkyl halides is 2. The van der Waals surface area contributed by atoms with Crippen LogP contribution in [0.5, 0.6) is 0 Å². The summed E-state index contributed by atoms with van der Waals surface area (Å²) in [6.45, 7) is 0.697. The van der Waals surface area contributed by atoms with Gasteiger partial charge in [0.2, 0.25) is 0 Å². The van der Waals surface area contributed by atoms with Crippen molar-refractivity contribution in [3.05, 3.63) is 105 Å². The third-order valence-corrected chi connectivity index (χ3v) is 9.76. The highest BCUT2D eigenvalue weighted by Gasteiger charge is 2.42. The highest BCUT2D eigenvalue weighted by atomic mass is 35.5. The van der Waals surface area contributed by atoms with E-state index in [9.17, 15) is 21.6 Å². The number of aromatic nitrogens is 4. The van der Waals surface area contributed by atoms with Gasteiger partial charge in [-0.05, 0) is 44.2 Å². The normalized spacial score (nSPS) is 19.1. The molecule has 16 heteroatoms. The first-order chi connectivity index (χ1) is 20.9. The molecule has 0 amide bonds. The molecule has 4 aromatic rings. The summed E-state index contributed by atoms with van der Waals surface area (Å²) in [5, 5.41) is 6.54. The van der Waals surface area contributed by atoms with Crippen LogP contribution >= 0.6 is 22.9 Å². The Morgan fingerprint density at radius 3 is 2.61 bits per heavy atom. The number of hydrogen-bond acceptors (Lipinski definition) is 8. The standard InChI is InChI=1S/C28H26ClF3N8O2S2/c1-28(2,22-5-3-4-9-33-22)38-44(41,42)37-17-14-21-23(20-8-11-40(36-20)27(31)32)24(18-7-6-16(30)13-19(18)29)35-25(39(21)15-17)26-34-10-12-43-26/h3-13,17,24,27,37-38H,14-15H2,1-2H3/t17-,24-/m0/s1. The monoisotopic (exact) mass is 662 g/mol. The van der Waals surface area contributed by atoms with E-state index in [1.54, 1.807) is 49.8 Å². The third kappa shape index (κ3) is 6.02. The molecule has 0 radical (unpaired) electrons. The first-order valence-corrected chi connectivity index (χ1v) is 16.2. The number of nitrogens with zero attached hydrogens (tertiary/aromatic N) is 6. The highest BCUT2D eigenvalue weighted by Crippen LogP contribution is 2.46. The van der Waals surface area contributed by atoms with Crippen LogP contribution in [-0.2, 0) is 15.7 Å². The molecule has 1 fully saturated rings. The van der Waals surface area contributed by atoms with Crippen LogP contribution in [0, 0.1) is 5.82 Å². The maximum absolute atomic E-state index is 14.1. The maximum Gasteiger partial charge on any atom is 0.333 e. The van der Waals surface area contributed by atoms with Crippen molar-refractivity contribution in [3.8, 4) is 0 Å². The van der Waals surface area contributed by atoms with Gasteiger partial charge in [-0.15, -0.1) is 11.3 Å². The van der Waals surface area contributed by atoms with Crippen molar-refractivity contribution >= 4 is 44.6 Å². The van der Waals surface area contributed by atoms with E-state index < -0.39 is 40.2 Å². The lowest BCUT2D eigenvalue weighted by Crippen LogP contribution is -2.50. The van der Waals surface area contributed by atoms with Gasteiger partial charge < -0.3 is 4.90 Å². The van der Waals surface area contributed by atoms with Crippen LogP contribution in [-0.4, -0.2) is 51.5 Å². The fraction of sp³-hybridized carbons (Fsp3) is 0.286. The van der Waals surface area contributed by atoms with Gasteiger partial charge in [0.15, 0.2) is 10.8 Å². The Kier molecular flexibility index (Phi) is 8.09. The van der Waals surface area contributed by atoms with E-state index in [4.69, 9.17) is 16.6 Å². The Balaban J connectivity index is 1.42. The molecule has 10 nitrogen and oxygen atoms in total. The minimum atomic E-state index is -4.08. The minimum Gasteiger partial charge on any atom is -0.326 e. The van der Waals surface area contributed by atoms with Crippen molar-refractivity contribution in [1.82, 2.24) is 34.1 Å². The number of amidine groups is 1. The van der Waals surface area contributed by atoms with Crippen molar-refractivity contribution in [1.29, 1.82) is 0 Å². The zero-order chi connectivity index (χ0) is 31.2. The van der Waals surface area contributed by atoms with Crippen LogP contribution in [0.2, 0.25) is 5.02 Å². The number of thiazole rings is 1. The second-order valence-electron chi connectivity index (χ2n) is 10.8. The number of aliphatic imine (C=N–C) groups is 1. The summed E-state index contributed by atoms with van der Waals surface area (Å²) in [7, 11) is -4.08. The molecule has 0 spiro atoms. The number of hydrogen-bond donors (Lipinski definition) is 2. The zero-order valence-electron chi connectivity index (χ0n) is 23.3. The van der Waals surface area contributed by atoms with Gasteiger partial charge in [-0.25, -0.2) is 14.1 Å². The van der Waals surface area contributed by atoms with Crippen molar-refractivity contribution in [2.24, 2.45) is 4.99 Å². The largest absolute Gasteiger partial charge is 0.333 e. The molecular weight excluding hydrogens is 637 g/mol. The summed E-state index contributed by atoms with van der Waals surface area (Å²) in [5.74, 6) is -0.103. The number of benzene rings is 1. The van der Waals surface area contributed by atoms with Crippen LogP contribution in [0.1, 0.15) is 54.8 Å². The van der Waals surface area contributed by atoms with Crippen LogP contribution in [0.15, 0.2) is 77.1 Å². The Bertz CT molecular complexity index is 1850. The number of pyridine rings is 1. The van der Waals surface area contributed by atoms with E-state index in [-0.39, 0.29) is 23.7 Å². The lowest BCUT2D eigenvalue weighted by atomic mass is 9.92. The molecular formula is C28H26ClF3N8O2S2. The van der Waals surface area contributed by atoms with Gasteiger partial charge in [0.1, 0.15) is 11.9 Å².